The van der Waals surface area contributed by atoms with Crippen molar-refractivity contribution in [1.29, 1.82) is 0 Å². The van der Waals surface area contributed by atoms with Crippen LogP contribution in [0.3, 0.4) is 0 Å². The van der Waals surface area contributed by atoms with Crippen LogP contribution in [0.5, 0.6) is 0 Å². The van der Waals surface area contributed by atoms with Gasteiger partial charge in [-0.2, -0.15) is 0 Å². The fourth-order valence-corrected chi connectivity index (χ4v) is 3.60. The van der Waals surface area contributed by atoms with Crippen LogP contribution in [0.4, 0.5) is 14.6 Å². The van der Waals surface area contributed by atoms with Crippen LogP contribution < -0.4 is 5.32 Å². The highest BCUT2D eigenvalue weighted by Gasteiger charge is 2.17. The minimum absolute atomic E-state index is 0.00779. The van der Waals surface area contributed by atoms with Crippen molar-refractivity contribution in [2.75, 3.05) is 5.32 Å². The van der Waals surface area contributed by atoms with Crippen LogP contribution in [0, 0.1) is 18.6 Å². The van der Waals surface area contributed by atoms with Crippen LogP contribution in [-0.4, -0.2) is 20.4 Å². The number of carbonyl (C=O) groups excluding carboxylic acids is 1. The van der Waals surface area contributed by atoms with Crippen molar-refractivity contribution < 1.29 is 13.6 Å². The predicted molar refractivity (Wildman–Crippen MR) is 104 cm³/mol. The SMILES string of the molecule is Cc1ncc(NC(=O)c2ccc(F)c(F)c2)n1-c1nc(-c2ccccc2)cs1. The van der Waals surface area contributed by atoms with Crippen molar-refractivity contribution in [1.82, 2.24) is 14.5 Å². The fourth-order valence-electron chi connectivity index (χ4n) is 2.71. The second-order valence-corrected chi connectivity index (χ2v) is 6.83. The molecule has 140 valence electrons. The van der Waals surface area contributed by atoms with E-state index in [0.717, 1.165) is 23.4 Å². The molecule has 1 amide bonds. The van der Waals surface area contributed by atoms with Gasteiger partial charge >= 0.3 is 0 Å². The Hall–Kier alpha value is -3.39. The minimum atomic E-state index is -1.08. The third-order valence-electron chi connectivity index (χ3n) is 4.11. The number of thiazole rings is 1. The zero-order chi connectivity index (χ0) is 19.7. The third kappa shape index (κ3) is 3.41. The van der Waals surface area contributed by atoms with Crippen LogP contribution >= 0.6 is 11.3 Å². The summed E-state index contributed by atoms with van der Waals surface area (Å²) in [5.74, 6) is -1.63. The van der Waals surface area contributed by atoms with Crippen LogP contribution in [0.2, 0.25) is 0 Å². The summed E-state index contributed by atoms with van der Waals surface area (Å²) < 4.78 is 28.2. The number of hydrogen-bond donors (Lipinski definition) is 1. The fraction of sp³-hybridized carbons (Fsp3) is 0.0500. The molecule has 4 rings (SSSR count). The van der Waals surface area contributed by atoms with Gasteiger partial charge in [-0.05, 0) is 25.1 Å². The Morgan fingerprint density at radius 3 is 2.64 bits per heavy atom. The Morgan fingerprint density at radius 2 is 1.89 bits per heavy atom. The molecule has 0 radical (unpaired) electrons. The molecule has 1 N–H and O–H groups in total. The number of imidazole rings is 1. The smallest absolute Gasteiger partial charge is 0.256 e. The van der Waals surface area contributed by atoms with Gasteiger partial charge in [0.15, 0.2) is 16.8 Å². The van der Waals surface area contributed by atoms with E-state index < -0.39 is 17.5 Å². The number of aromatic nitrogens is 3. The lowest BCUT2D eigenvalue weighted by Gasteiger charge is -2.09. The zero-order valence-electron chi connectivity index (χ0n) is 14.7. The topological polar surface area (TPSA) is 59.8 Å². The van der Waals surface area contributed by atoms with Gasteiger partial charge in [-0.3, -0.25) is 9.36 Å². The third-order valence-corrected chi connectivity index (χ3v) is 4.94. The molecular formula is C20H14F2N4OS. The van der Waals surface area contributed by atoms with Gasteiger partial charge in [-0.25, -0.2) is 18.7 Å². The Balaban J connectivity index is 1.64. The molecule has 0 aliphatic carbocycles. The summed E-state index contributed by atoms with van der Waals surface area (Å²) in [5, 5.41) is 5.24. The summed E-state index contributed by atoms with van der Waals surface area (Å²) >= 11 is 1.41. The average Bonchev–Trinajstić information content (AvgIpc) is 3.31. The lowest BCUT2D eigenvalue weighted by Crippen LogP contribution is -2.15. The van der Waals surface area contributed by atoms with Crippen molar-refractivity contribution >= 4 is 23.1 Å². The number of hydrogen-bond acceptors (Lipinski definition) is 4. The van der Waals surface area contributed by atoms with E-state index in [1.165, 1.54) is 23.6 Å². The molecule has 0 unspecified atom stereocenters. The molecule has 5 nitrogen and oxygen atoms in total. The summed E-state index contributed by atoms with van der Waals surface area (Å²) in [5.41, 5.74) is 1.80. The van der Waals surface area contributed by atoms with Gasteiger partial charge in [0.25, 0.3) is 5.91 Å². The van der Waals surface area contributed by atoms with Gasteiger partial charge in [-0.1, -0.05) is 30.3 Å². The van der Waals surface area contributed by atoms with Crippen LogP contribution in [0.15, 0.2) is 60.1 Å². The first-order valence-corrected chi connectivity index (χ1v) is 9.23. The van der Waals surface area contributed by atoms with Crippen LogP contribution in [-0.2, 0) is 0 Å². The first kappa shape index (κ1) is 18.0. The van der Waals surface area contributed by atoms with E-state index in [1.807, 2.05) is 35.7 Å². The quantitative estimate of drug-likeness (QED) is 0.537. The molecule has 0 saturated heterocycles. The van der Waals surface area contributed by atoms with Crippen LogP contribution in [0.1, 0.15) is 16.2 Å². The molecule has 0 fully saturated rings. The number of nitrogens with one attached hydrogen (secondary N) is 1. The molecule has 28 heavy (non-hydrogen) atoms. The van der Waals surface area contributed by atoms with E-state index in [1.54, 1.807) is 11.5 Å². The standard InChI is InChI=1S/C20H14F2N4OS/c1-12-23-10-18(25-19(27)14-7-8-15(21)16(22)9-14)26(12)20-24-17(11-28-20)13-5-3-2-4-6-13/h2-11H,1H3,(H,25,27). The Labute approximate surface area is 163 Å². The molecule has 8 heteroatoms. The van der Waals surface area contributed by atoms with Crippen molar-refractivity contribution in [2.45, 2.75) is 6.92 Å². The van der Waals surface area contributed by atoms with Gasteiger partial charge in [0.05, 0.1) is 11.9 Å². The number of aryl methyl sites for hydroxylation is 1. The summed E-state index contributed by atoms with van der Waals surface area (Å²) in [6.07, 6.45) is 1.50. The van der Waals surface area contributed by atoms with Crippen molar-refractivity contribution in [3.8, 4) is 16.4 Å². The van der Waals surface area contributed by atoms with Gasteiger partial charge in [-0.15, -0.1) is 11.3 Å². The summed E-state index contributed by atoms with van der Waals surface area (Å²) in [4.78, 5) is 21.3. The molecule has 0 atom stereocenters. The Kier molecular flexibility index (Phi) is 4.70. The van der Waals surface area contributed by atoms with E-state index in [9.17, 15) is 13.6 Å². The van der Waals surface area contributed by atoms with E-state index in [4.69, 9.17) is 0 Å². The van der Waals surface area contributed by atoms with Gasteiger partial charge in [0.1, 0.15) is 11.6 Å². The largest absolute Gasteiger partial charge is 0.306 e. The summed E-state index contributed by atoms with van der Waals surface area (Å²) in [7, 11) is 0. The molecule has 0 bridgehead atoms. The molecule has 0 spiro atoms. The van der Waals surface area contributed by atoms with Crippen molar-refractivity contribution in [3.05, 3.63) is 83.1 Å². The van der Waals surface area contributed by atoms with Gasteiger partial charge in [0.2, 0.25) is 0 Å². The number of amides is 1. The first-order valence-electron chi connectivity index (χ1n) is 8.35. The maximum absolute atomic E-state index is 13.4. The number of halogens is 2. The first-order chi connectivity index (χ1) is 13.5. The molecule has 0 saturated carbocycles. The van der Waals surface area contributed by atoms with E-state index in [0.29, 0.717) is 16.8 Å². The maximum Gasteiger partial charge on any atom is 0.256 e. The highest BCUT2D eigenvalue weighted by molar-refractivity contribution is 7.12. The zero-order valence-corrected chi connectivity index (χ0v) is 15.5. The van der Waals surface area contributed by atoms with Gasteiger partial charge in [0, 0.05) is 16.5 Å². The molecule has 2 aromatic heterocycles. The second kappa shape index (κ2) is 7.32. The number of nitrogens with zero attached hydrogens (tertiary/aromatic N) is 3. The molecular weight excluding hydrogens is 382 g/mol. The highest BCUT2D eigenvalue weighted by atomic mass is 32.1. The predicted octanol–water partition coefficient (Wildman–Crippen LogP) is 4.83. The normalized spacial score (nSPS) is 10.8. The summed E-state index contributed by atoms with van der Waals surface area (Å²) in [6, 6.07) is 12.7. The average molecular weight is 396 g/mol. The molecule has 0 aliphatic heterocycles. The minimum Gasteiger partial charge on any atom is -0.306 e. The Morgan fingerprint density at radius 1 is 1.11 bits per heavy atom. The van der Waals surface area contributed by atoms with E-state index >= 15 is 0 Å². The monoisotopic (exact) mass is 396 g/mol. The summed E-state index contributed by atoms with van der Waals surface area (Å²) in [6.45, 7) is 1.79. The number of benzene rings is 2. The van der Waals surface area contributed by atoms with Crippen LogP contribution in [0.25, 0.3) is 16.4 Å². The molecule has 4 aromatic rings. The number of carbonyl (C=O) groups is 1. The highest BCUT2D eigenvalue weighted by Crippen LogP contribution is 2.27. The second-order valence-electron chi connectivity index (χ2n) is 5.99. The molecule has 2 heterocycles. The lowest BCUT2D eigenvalue weighted by molar-refractivity contribution is 0.102. The number of rotatable bonds is 4. The Bertz CT molecular complexity index is 1150. The molecule has 0 aliphatic rings. The van der Waals surface area contributed by atoms with Crippen molar-refractivity contribution in [3.63, 3.8) is 0 Å². The van der Waals surface area contributed by atoms with E-state index in [-0.39, 0.29) is 5.56 Å². The van der Waals surface area contributed by atoms with Crippen molar-refractivity contribution in [2.24, 2.45) is 0 Å². The van der Waals surface area contributed by atoms with E-state index in [2.05, 4.69) is 15.3 Å². The lowest BCUT2D eigenvalue weighted by atomic mass is 10.2. The molecule has 2 aromatic carbocycles. The maximum atomic E-state index is 13.4. The van der Waals surface area contributed by atoms with Gasteiger partial charge < -0.3 is 5.32 Å². The number of anilines is 1.